The summed E-state index contributed by atoms with van der Waals surface area (Å²) in [6, 6.07) is 10.1. The molecule has 2 rings (SSSR count). The van der Waals surface area contributed by atoms with Crippen LogP contribution in [-0.4, -0.2) is 70.5 Å². The summed E-state index contributed by atoms with van der Waals surface area (Å²) in [5, 5.41) is 0. The van der Waals surface area contributed by atoms with Crippen molar-refractivity contribution in [2.75, 3.05) is 54.0 Å². The molecule has 1 saturated heterocycles. The van der Waals surface area contributed by atoms with E-state index in [1.807, 2.05) is 30.3 Å². The maximum atomic E-state index is 5.85. The highest BCUT2D eigenvalue weighted by Gasteiger charge is 2.23. The first-order valence-electron chi connectivity index (χ1n) is 7.54. The Labute approximate surface area is 128 Å². The third kappa shape index (κ3) is 6.02. The number of nitrogens with zero attached hydrogens (tertiary/aromatic N) is 2. The Morgan fingerprint density at radius 1 is 1.10 bits per heavy atom. The first-order chi connectivity index (χ1) is 10.0. The van der Waals surface area contributed by atoms with Gasteiger partial charge in [-0.2, -0.15) is 0 Å². The van der Waals surface area contributed by atoms with Crippen molar-refractivity contribution in [3.05, 3.63) is 42.6 Å². The van der Waals surface area contributed by atoms with E-state index in [2.05, 4.69) is 38.3 Å². The first-order valence-corrected chi connectivity index (χ1v) is 7.54. The van der Waals surface area contributed by atoms with E-state index in [0.29, 0.717) is 13.2 Å². The summed E-state index contributed by atoms with van der Waals surface area (Å²) in [4.78, 5) is 2.35. The molecule has 0 atom stereocenters. The van der Waals surface area contributed by atoms with Crippen LogP contribution in [0.25, 0.3) is 0 Å². The molecule has 0 unspecified atom stereocenters. The lowest BCUT2D eigenvalue weighted by Crippen LogP contribution is -2.44. The van der Waals surface area contributed by atoms with Crippen molar-refractivity contribution in [3.8, 4) is 0 Å². The van der Waals surface area contributed by atoms with Crippen molar-refractivity contribution in [1.29, 1.82) is 0 Å². The molecule has 4 nitrogen and oxygen atoms in total. The molecule has 1 fully saturated rings. The fourth-order valence-electron chi connectivity index (χ4n) is 2.24. The monoisotopic (exact) mass is 289 g/mol. The standard InChI is InChI=1S/C16H26BN2O2/c1-19(2,3)13-7-10-18-11-14-20-17(21-15-12-18)16-8-5-4-6-9-16/h4-9,13H,10-12,14-15H2,1-3H3/q+1/b13-7+. The number of benzene rings is 1. The lowest BCUT2D eigenvalue weighted by Gasteiger charge is -2.26. The van der Waals surface area contributed by atoms with Crippen molar-refractivity contribution >= 4 is 12.6 Å². The summed E-state index contributed by atoms with van der Waals surface area (Å²) in [7, 11) is 6.23. The van der Waals surface area contributed by atoms with Crippen LogP contribution in [0.15, 0.2) is 42.6 Å². The molecule has 1 heterocycles. The number of hydrogen-bond donors (Lipinski definition) is 0. The largest absolute Gasteiger partial charge is 0.493 e. The Balaban J connectivity index is 1.80. The quantitative estimate of drug-likeness (QED) is 0.608. The van der Waals surface area contributed by atoms with Gasteiger partial charge in [0.1, 0.15) is 0 Å². The van der Waals surface area contributed by atoms with Gasteiger partial charge in [0.05, 0.1) is 27.3 Å². The van der Waals surface area contributed by atoms with Gasteiger partial charge in [-0.3, -0.25) is 4.90 Å². The minimum absolute atomic E-state index is 0.227. The molecule has 0 amide bonds. The summed E-state index contributed by atoms with van der Waals surface area (Å²) in [6.07, 6.45) is 4.42. The Morgan fingerprint density at radius 3 is 2.29 bits per heavy atom. The SMILES string of the molecule is C[N+](C)(C)/C=C/CN1CCOB(c2ccccc2)OCC1. The molecule has 1 aromatic carbocycles. The van der Waals surface area contributed by atoms with Crippen molar-refractivity contribution in [2.24, 2.45) is 0 Å². The summed E-state index contributed by atoms with van der Waals surface area (Å²) in [6.45, 7) is 4.20. The van der Waals surface area contributed by atoms with Crippen LogP contribution in [0.1, 0.15) is 0 Å². The van der Waals surface area contributed by atoms with Crippen molar-refractivity contribution in [1.82, 2.24) is 4.90 Å². The normalized spacial score (nSPS) is 18.7. The molecule has 0 aromatic heterocycles. The van der Waals surface area contributed by atoms with Gasteiger partial charge in [-0.1, -0.05) is 30.3 Å². The molecule has 1 aliphatic rings. The lowest BCUT2D eigenvalue weighted by atomic mass is 9.79. The molecule has 0 N–H and O–H groups in total. The third-order valence-corrected chi connectivity index (χ3v) is 3.34. The van der Waals surface area contributed by atoms with Crippen LogP contribution in [0, 0.1) is 0 Å². The smallest absolute Gasteiger partial charge is 0.406 e. The van der Waals surface area contributed by atoms with Crippen LogP contribution < -0.4 is 5.46 Å². The maximum Gasteiger partial charge on any atom is 0.493 e. The molecule has 0 saturated carbocycles. The van der Waals surface area contributed by atoms with Gasteiger partial charge in [-0.25, -0.2) is 0 Å². The summed E-state index contributed by atoms with van der Waals surface area (Å²) >= 11 is 0. The summed E-state index contributed by atoms with van der Waals surface area (Å²) in [5.74, 6) is 0. The Morgan fingerprint density at radius 2 is 1.71 bits per heavy atom. The second kappa shape index (κ2) is 7.75. The van der Waals surface area contributed by atoms with Crippen LogP contribution in [0.5, 0.6) is 0 Å². The molecular weight excluding hydrogens is 263 g/mol. The van der Waals surface area contributed by atoms with Gasteiger partial charge < -0.3 is 13.8 Å². The van der Waals surface area contributed by atoms with Crippen molar-refractivity contribution in [3.63, 3.8) is 0 Å². The molecule has 0 bridgehead atoms. The topological polar surface area (TPSA) is 21.7 Å². The average Bonchev–Trinajstić information content (AvgIpc) is 2.41. The summed E-state index contributed by atoms with van der Waals surface area (Å²) < 4.78 is 12.6. The van der Waals surface area contributed by atoms with Crippen LogP contribution in [0.2, 0.25) is 0 Å². The van der Waals surface area contributed by atoms with E-state index in [0.717, 1.165) is 29.6 Å². The Hall–Kier alpha value is -1.14. The van der Waals surface area contributed by atoms with E-state index in [1.54, 1.807) is 0 Å². The van der Waals surface area contributed by atoms with Gasteiger partial charge >= 0.3 is 7.12 Å². The number of hydrogen-bond acceptors (Lipinski definition) is 3. The number of rotatable bonds is 4. The fourth-order valence-corrected chi connectivity index (χ4v) is 2.24. The predicted octanol–water partition coefficient (Wildman–Crippen LogP) is 0.951. The van der Waals surface area contributed by atoms with Crippen LogP contribution in [-0.2, 0) is 9.31 Å². The van der Waals surface area contributed by atoms with Gasteiger partial charge in [0.25, 0.3) is 0 Å². The molecule has 5 heteroatoms. The minimum atomic E-state index is -0.227. The molecule has 0 aliphatic carbocycles. The minimum Gasteiger partial charge on any atom is -0.406 e. The third-order valence-electron chi connectivity index (χ3n) is 3.34. The second-order valence-corrected chi connectivity index (χ2v) is 6.29. The van der Waals surface area contributed by atoms with Crippen molar-refractivity contribution in [2.45, 2.75) is 0 Å². The van der Waals surface area contributed by atoms with Crippen LogP contribution in [0.3, 0.4) is 0 Å². The number of quaternary nitrogens is 1. The lowest BCUT2D eigenvalue weighted by molar-refractivity contribution is -0.817. The molecule has 114 valence electrons. The van der Waals surface area contributed by atoms with Gasteiger partial charge in [0.2, 0.25) is 0 Å². The van der Waals surface area contributed by atoms with Gasteiger partial charge in [0.15, 0.2) is 0 Å². The zero-order valence-electron chi connectivity index (χ0n) is 13.4. The highest BCUT2D eigenvalue weighted by molar-refractivity contribution is 6.61. The van der Waals surface area contributed by atoms with E-state index in [-0.39, 0.29) is 7.12 Å². The molecule has 21 heavy (non-hydrogen) atoms. The van der Waals surface area contributed by atoms with Gasteiger partial charge in [0, 0.05) is 32.8 Å². The fraction of sp³-hybridized carbons (Fsp3) is 0.500. The highest BCUT2D eigenvalue weighted by atomic mass is 16.6. The molecule has 1 aromatic rings. The van der Waals surface area contributed by atoms with Crippen LogP contribution >= 0.6 is 0 Å². The Kier molecular flexibility index (Phi) is 6.00. The zero-order chi connectivity index (χ0) is 15.1. The van der Waals surface area contributed by atoms with E-state index < -0.39 is 0 Å². The Bertz CT molecular complexity index is 435. The maximum absolute atomic E-state index is 5.85. The second-order valence-electron chi connectivity index (χ2n) is 6.29. The van der Waals surface area contributed by atoms with E-state index in [1.165, 1.54) is 0 Å². The van der Waals surface area contributed by atoms with Gasteiger partial charge in [-0.15, -0.1) is 0 Å². The van der Waals surface area contributed by atoms with Gasteiger partial charge in [-0.05, 0) is 11.5 Å². The molecule has 1 aliphatic heterocycles. The average molecular weight is 289 g/mol. The predicted molar refractivity (Wildman–Crippen MR) is 87.3 cm³/mol. The van der Waals surface area contributed by atoms with Crippen molar-refractivity contribution < 1.29 is 13.8 Å². The summed E-state index contributed by atoms with van der Waals surface area (Å²) in [5.41, 5.74) is 1.09. The van der Waals surface area contributed by atoms with E-state index >= 15 is 0 Å². The van der Waals surface area contributed by atoms with E-state index in [9.17, 15) is 0 Å². The molecule has 0 spiro atoms. The first kappa shape index (κ1) is 16.2. The van der Waals surface area contributed by atoms with Crippen LogP contribution in [0.4, 0.5) is 0 Å². The molecular formula is C16H26BN2O2+. The highest BCUT2D eigenvalue weighted by Crippen LogP contribution is 2.01. The van der Waals surface area contributed by atoms with E-state index in [4.69, 9.17) is 9.31 Å². The zero-order valence-corrected chi connectivity index (χ0v) is 13.4. The molecule has 0 radical (unpaired) electrons.